The number of benzene rings is 2. The second-order valence-corrected chi connectivity index (χ2v) is 6.42. The largest absolute Gasteiger partial charge is 0.368 e. The molecular formula is C18H18ClN3O3. The maximum Gasteiger partial charge on any atom is 0.282 e. The summed E-state index contributed by atoms with van der Waals surface area (Å²) in [6, 6.07) is 12.2. The molecule has 0 bridgehead atoms. The van der Waals surface area contributed by atoms with E-state index in [1.54, 1.807) is 4.90 Å². The fraction of sp³-hybridized carbons (Fsp3) is 0.278. The summed E-state index contributed by atoms with van der Waals surface area (Å²) in [4.78, 5) is 27.2. The van der Waals surface area contributed by atoms with E-state index in [-0.39, 0.29) is 17.2 Å². The molecule has 0 saturated carbocycles. The number of para-hydroxylation sites is 1. The molecule has 1 aliphatic rings. The Hall–Kier alpha value is -2.60. The summed E-state index contributed by atoms with van der Waals surface area (Å²) in [5.41, 5.74) is 2.17. The van der Waals surface area contributed by atoms with Crippen LogP contribution in [0.5, 0.6) is 0 Å². The van der Waals surface area contributed by atoms with E-state index >= 15 is 0 Å². The van der Waals surface area contributed by atoms with Gasteiger partial charge in [0.15, 0.2) is 0 Å². The van der Waals surface area contributed by atoms with Crippen molar-refractivity contribution in [1.82, 2.24) is 4.90 Å². The van der Waals surface area contributed by atoms with Crippen LogP contribution in [-0.2, 0) is 0 Å². The van der Waals surface area contributed by atoms with E-state index in [0.717, 1.165) is 5.69 Å². The van der Waals surface area contributed by atoms with Crippen LogP contribution in [0.4, 0.5) is 11.4 Å². The van der Waals surface area contributed by atoms with Crippen molar-refractivity contribution < 1.29 is 9.72 Å². The zero-order chi connectivity index (χ0) is 18.0. The molecule has 1 amide bonds. The SMILES string of the molecule is Cc1ccccc1N1CCN(C(=O)c2cc(Cl)ccc2[N+](=O)[O-])CC1. The summed E-state index contributed by atoms with van der Waals surface area (Å²) in [6.45, 7) is 4.45. The molecule has 2 aromatic rings. The number of hydrogen-bond acceptors (Lipinski definition) is 4. The van der Waals surface area contributed by atoms with Gasteiger partial charge in [0.25, 0.3) is 11.6 Å². The first kappa shape index (κ1) is 17.2. The zero-order valence-corrected chi connectivity index (χ0v) is 14.6. The lowest BCUT2D eigenvalue weighted by Crippen LogP contribution is -2.49. The molecule has 0 spiro atoms. The lowest BCUT2D eigenvalue weighted by atomic mass is 10.1. The molecule has 0 N–H and O–H groups in total. The van der Waals surface area contributed by atoms with Gasteiger partial charge in [-0.25, -0.2) is 0 Å². The fourth-order valence-electron chi connectivity index (χ4n) is 3.08. The summed E-state index contributed by atoms with van der Waals surface area (Å²) in [5.74, 6) is -0.348. The van der Waals surface area contributed by atoms with Gasteiger partial charge in [0.2, 0.25) is 0 Å². The summed E-state index contributed by atoms with van der Waals surface area (Å²) in [6.07, 6.45) is 0. The van der Waals surface area contributed by atoms with Crippen molar-refractivity contribution in [3.8, 4) is 0 Å². The van der Waals surface area contributed by atoms with Gasteiger partial charge in [-0.2, -0.15) is 0 Å². The molecule has 25 heavy (non-hydrogen) atoms. The number of aryl methyl sites for hydroxylation is 1. The highest BCUT2D eigenvalue weighted by molar-refractivity contribution is 6.31. The Labute approximate surface area is 150 Å². The van der Waals surface area contributed by atoms with Crippen LogP contribution in [0.25, 0.3) is 0 Å². The normalized spacial score (nSPS) is 14.5. The average molecular weight is 360 g/mol. The van der Waals surface area contributed by atoms with Gasteiger partial charge in [0, 0.05) is 43.0 Å². The summed E-state index contributed by atoms with van der Waals surface area (Å²) in [7, 11) is 0. The van der Waals surface area contributed by atoms with Crippen molar-refractivity contribution in [2.75, 3.05) is 31.1 Å². The summed E-state index contributed by atoms with van der Waals surface area (Å²) >= 11 is 5.92. The van der Waals surface area contributed by atoms with Gasteiger partial charge in [-0.3, -0.25) is 14.9 Å². The third-order valence-corrected chi connectivity index (χ3v) is 4.64. The molecule has 1 fully saturated rings. The molecule has 0 aliphatic carbocycles. The highest BCUT2D eigenvalue weighted by Gasteiger charge is 2.28. The van der Waals surface area contributed by atoms with E-state index in [9.17, 15) is 14.9 Å². The number of carbonyl (C=O) groups is 1. The topological polar surface area (TPSA) is 66.7 Å². The Bertz CT molecular complexity index is 817. The molecule has 2 aromatic carbocycles. The molecular weight excluding hydrogens is 342 g/mol. The predicted octanol–water partition coefficient (Wildman–Crippen LogP) is 3.52. The van der Waals surface area contributed by atoms with Crippen molar-refractivity contribution >= 4 is 28.9 Å². The van der Waals surface area contributed by atoms with E-state index in [4.69, 9.17) is 11.6 Å². The van der Waals surface area contributed by atoms with Gasteiger partial charge >= 0.3 is 0 Å². The minimum Gasteiger partial charge on any atom is -0.368 e. The minimum atomic E-state index is -0.548. The number of rotatable bonds is 3. The molecule has 0 atom stereocenters. The summed E-state index contributed by atoms with van der Waals surface area (Å²) < 4.78 is 0. The van der Waals surface area contributed by atoms with Crippen molar-refractivity contribution in [3.05, 3.63) is 68.7 Å². The number of anilines is 1. The van der Waals surface area contributed by atoms with Gasteiger partial charge in [0.1, 0.15) is 5.56 Å². The lowest BCUT2D eigenvalue weighted by molar-refractivity contribution is -0.385. The standard InChI is InChI=1S/C18H18ClN3O3/c1-13-4-2-3-5-16(13)20-8-10-21(11-9-20)18(23)15-12-14(19)6-7-17(15)22(24)25/h2-7,12H,8-11H2,1H3. The van der Waals surface area contributed by atoms with Crippen molar-refractivity contribution in [3.63, 3.8) is 0 Å². The van der Waals surface area contributed by atoms with Gasteiger partial charge < -0.3 is 9.80 Å². The second-order valence-electron chi connectivity index (χ2n) is 5.98. The van der Waals surface area contributed by atoms with Crippen LogP contribution in [0.3, 0.4) is 0 Å². The second kappa shape index (κ2) is 7.11. The number of carbonyl (C=O) groups excluding carboxylic acids is 1. The number of amides is 1. The lowest BCUT2D eigenvalue weighted by Gasteiger charge is -2.36. The predicted molar refractivity (Wildman–Crippen MR) is 97.4 cm³/mol. The third kappa shape index (κ3) is 3.58. The van der Waals surface area contributed by atoms with E-state index in [0.29, 0.717) is 31.2 Å². The first-order valence-corrected chi connectivity index (χ1v) is 8.39. The van der Waals surface area contributed by atoms with Gasteiger partial charge in [-0.1, -0.05) is 29.8 Å². The maximum absolute atomic E-state index is 12.7. The molecule has 1 heterocycles. The smallest absolute Gasteiger partial charge is 0.282 e. The van der Waals surface area contributed by atoms with Crippen molar-refractivity contribution in [2.24, 2.45) is 0 Å². The monoisotopic (exact) mass is 359 g/mol. The Morgan fingerprint density at radius 2 is 1.80 bits per heavy atom. The van der Waals surface area contributed by atoms with E-state index in [1.807, 2.05) is 12.1 Å². The molecule has 0 unspecified atom stereocenters. The number of piperazine rings is 1. The molecule has 1 saturated heterocycles. The molecule has 1 aliphatic heterocycles. The van der Waals surface area contributed by atoms with Crippen LogP contribution in [0, 0.1) is 17.0 Å². The van der Waals surface area contributed by atoms with Crippen LogP contribution in [0.1, 0.15) is 15.9 Å². The van der Waals surface area contributed by atoms with Crippen molar-refractivity contribution in [2.45, 2.75) is 6.92 Å². The Kier molecular flexibility index (Phi) is 4.90. The van der Waals surface area contributed by atoms with Crippen LogP contribution in [0.2, 0.25) is 5.02 Å². The third-order valence-electron chi connectivity index (χ3n) is 4.41. The quantitative estimate of drug-likeness (QED) is 0.621. The Morgan fingerprint density at radius 1 is 1.12 bits per heavy atom. The average Bonchev–Trinajstić information content (AvgIpc) is 2.61. The number of hydrogen-bond donors (Lipinski definition) is 0. The Balaban J connectivity index is 1.75. The molecule has 0 radical (unpaired) electrons. The zero-order valence-electron chi connectivity index (χ0n) is 13.8. The summed E-state index contributed by atoms with van der Waals surface area (Å²) in [5, 5.41) is 11.5. The van der Waals surface area contributed by atoms with Gasteiger partial charge in [-0.05, 0) is 30.7 Å². The van der Waals surface area contributed by atoms with E-state index in [2.05, 4.69) is 24.0 Å². The van der Waals surface area contributed by atoms with Crippen LogP contribution in [0.15, 0.2) is 42.5 Å². The van der Waals surface area contributed by atoms with Gasteiger partial charge in [0.05, 0.1) is 4.92 Å². The molecule has 6 nitrogen and oxygen atoms in total. The van der Waals surface area contributed by atoms with E-state index in [1.165, 1.54) is 23.8 Å². The van der Waals surface area contributed by atoms with Crippen LogP contribution >= 0.6 is 11.6 Å². The highest BCUT2D eigenvalue weighted by Crippen LogP contribution is 2.26. The number of nitrogens with zero attached hydrogens (tertiary/aromatic N) is 3. The molecule has 3 rings (SSSR count). The number of halogens is 1. The highest BCUT2D eigenvalue weighted by atomic mass is 35.5. The number of nitro groups is 1. The minimum absolute atomic E-state index is 0.0434. The number of nitro benzene ring substituents is 1. The maximum atomic E-state index is 12.7. The van der Waals surface area contributed by atoms with Crippen molar-refractivity contribution in [1.29, 1.82) is 0 Å². The first-order valence-electron chi connectivity index (χ1n) is 8.01. The molecule has 0 aromatic heterocycles. The van der Waals surface area contributed by atoms with E-state index < -0.39 is 4.92 Å². The molecule has 7 heteroatoms. The van der Waals surface area contributed by atoms with Crippen LogP contribution < -0.4 is 4.90 Å². The first-order chi connectivity index (χ1) is 12.0. The fourth-order valence-corrected chi connectivity index (χ4v) is 3.25. The molecule has 130 valence electrons. The van der Waals surface area contributed by atoms with Crippen LogP contribution in [-0.4, -0.2) is 41.9 Å². The van der Waals surface area contributed by atoms with Gasteiger partial charge in [-0.15, -0.1) is 0 Å². The Morgan fingerprint density at radius 3 is 2.44 bits per heavy atom.